The Morgan fingerprint density at radius 1 is 1.48 bits per heavy atom. The third-order valence-electron chi connectivity index (χ3n) is 4.20. The van der Waals surface area contributed by atoms with Crippen LogP contribution < -0.4 is 5.32 Å². The molecule has 0 bridgehead atoms. The number of aryl methyl sites for hydroxylation is 1. The van der Waals surface area contributed by atoms with Gasteiger partial charge in [0.05, 0.1) is 11.0 Å². The summed E-state index contributed by atoms with van der Waals surface area (Å²) >= 11 is 0. The van der Waals surface area contributed by atoms with Crippen molar-refractivity contribution in [2.24, 2.45) is 0 Å². The maximum atomic E-state index is 12.3. The number of aliphatic hydroxyl groups excluding tert-OH is 1. The lowest BCUT2D eigenvalue weighted by Crippen LogP contribution is -2.58. The second-order valence-corrected chi connectivity index (χ2v) is 6.10. The molecule has 1 aliphatic rings. The molecule has 3 N–H and O–H groups in total. The summed E-state index contributed by atoms with van der Waals surface area (Å²) in [4.78, 5) is 33.2. The van der Waals surface area contributed by atoms with Gasteiger partial charge in [0, 0.05) is 19.7 Å². The minimum Gasteiger partial charge on any atom is -0.396 e. The molecule has 134 valence electrons. The molecule has 2 aromatic rings. The summed E-state index contributed by atoms with van der Waals surface area (Å²) < 4.78 is 5.48. The van der Waals surface area contributed by atoms with E-state index in [0.29, 0.717) is 18.9 Å². The topological polar surface area (TPSA) is 108 Å². The maximum Gasteiger partial charge on any atom is 0.249 e. The molecule has 2 heterocycles. The number of imidazole rings is 1. The van der Waals surface area contributed by atoms with Crippen molar-refractivity contribution in [3.8, 4) is 0 Å². The zero-order chi connectivity index (χ0) is 17.8. The second kappa shape index (κ2) is 7.62. The Bertz CT molecular complexity index is 773. The highest BCUT2D eigenvalue weighted by atomic mass is 16.5. The normalized spacial score (nSPS) is 17.8. The number of hydrogen-bond donors (Lipinski definition) is 3. The number of benzene rings is 1. The van der Waals surface area contributed by atoms with Gasteiger partial charge >= 0.3 is 0 Å². The van der Waals surface area contributed by atoms with E-state index < -0.39 is 6.04 Å². The van der Waals surface area contributed by atoms with E-state index in [1.165, 1.54) is 4.90 Å². The lowest BCUT2D eigenvalue weighted by atomic mass is 10.1. The lowest BCUT2D eigenvalue weighted by molar-refractivity contribution is -0.147. The summed E-state index contributed by atoms with van der Waals surface area (Å²) in [5, 5.41) is 11.8. The van der Waals surface area contributed by atoms with Crippen molar-refractivity contribution in [3.05, 3.63) is 29.6 Å². The summed E-state index contributed by atoms with van der Waals surface area (Å²) in [6.07, 6.45) is 0.223. The molecular weight excluding hydrogens is 324 g/mol. The third-order valence-corrected chi connectivity index (χ3v) is 4.20. The third kappa shape index (κ3) is 3.97. The van der Waals surface area contributed by atoms with Crippen LogP contribution in [-0.2, 0) is 20.9 Å². The smallest absolute Gasteiger partial charge is 0.249 e. The van der Waals surface area contributed by atoms with Gasteiger partial charge in [-0.2, -0.15) is 0 Å². The highest BCUT2D eigenvalue weighted by Gasteiger charge is 2.32. The molecule has 0 spiro atoms. The van der Waals surface area contributed by atoms with Crippen molar-refractivity contribution in [2.45, 2.75) is 26.0 Å². The average molecular weight is 346 g/mol. The molecule has 8 nitrogen and oxygen atoms in total. The van der Waals surface area contributed by atoms with Crippen LogP contribution in [0.5, 0.6) is 0 Å². The van der Waals surface area contributed by atoms with E-state index in [2.05, 4.69) is 15.3 Å². The van der Waals surface area contributed by atoms with E-state index in [9.17, 15) is 9.59 Å². The first kappa shape index (κ1) is 17.4. The van der Waals surface area contributed by atoms with Gasteiger partial charge in [0.15, 0.2) is 0 Å². The molecule has 0 unspecified atom stereocenters. The standard InChI is InChI=1S/C17H22N4O4/c1-11-2-3-12-13(8-11)20-15(19-12)9-25-10-16(23)21-6-5-18-17(24)14(21)4-7-22/h2-3,8,14,22H,4-7,9-10H2,1H3,(H,18,24)(H,19,20)/t14-/m1/s1. The van der Waals surface area contributed by atoms with Crippen LogP contribution in [0.1, 0.15) is 17.8 Å². The highest BCUT2D eigenvalue weighted by Crippen LogP contribution is 2.14. The van der Waals surface area contributed by atoms with Crippen molar-refractivity contribution in [1.82, 2.24) is 20.2 Å². The van der Waals surface area contributed by atoms with Gasteiger partial charge < -0.3 is 25.0 Å². The molecule has 8 heteroatoms. The van der Waals surface area contributed by atoms with Gasteiger partial charge in [0.2, 0.25) is 11.8 Å². The van der Waals surface area contributed by atoms with E-state index in [-0.39, 0.29) is 38.1 Å². The van der Waals surface area contributed by atoms with Gasteiger partial charge in [-0.3, -0.25) is 9.59 Å². The fourth-order valence-electron chi connectivity index (χ4n) is 2.99. The molecule has 25 heavy (non-hydrogen) atoms. The van der Waals surface area contributed by atoms with Crippen LogP contribution >= 0.6 is 0 Å². The van der Waals surface area contributed by atoms with Gasteiger partial charge in [-0.1, -0.05) is 6.07 Å². The first-order valence-electron chi connectivity index (χ1n) is 8.29. The molecule has 0 saturated carbocycles. The Morgan fingerprint density at radius 3 is 3.12 bits per heavy atom. The van der Waals surface area contributed by atoms with Crippen molar-refractivity contribution in [2.75, 3.05) is 26.3 Å². The summed E-state index contributed by atoms with van der Waals surface area (Å²) in [5.74, 6) is 0.151. The predicted molar refractivity (Wildman–Crippen MR) is 90.7 cm³/mol. The molecule has 0 radical (unpaired) electrons. The fourth-order valence-corrected chi connectivity index (χ4v) is 2.99. The summed E-state index contributed by atoms with van der Waals surface area (Å²) in [5.41, 5.74) is 2.92. The average Bonchev–Trinajstić information content (AvgIpc) is 2.98. The van der Waals surface area contributed by atoms with Crippen molar-refractivity contribution in [3.63, 3.8) is 0 Å². The molecule has 1 aliphatic heterocycles. The number of fused-ring (bicyclic) bond motifs is 1. The molecule has 1 aromatic heterocycles. The van der Waals surface area contributed by atoms with Crippen molar-refractivity contribution >= 4 is 22.8 Å². The number of aromatic nitrogens is 2. The van der Waals surface area contributed by atoms with Crippen LogP contribution in [0.4, 0.5) is 0 Å². The number of H-pyrrole nitrogens is 1. The molecule has 2 amide bonds. The number of hydrogen-bond acceptors (Lipinski definition) is 5. The second-order valence-electron chi connectivity index (χ2n) is 6.10. The fraction of sp³-hybridized carbons (Fsp3) is 0.471. The number of amides is 2. The van der Waals surface area contributed by atoms with Crippen LogP contribution in [0.2, 0.25) is 0 Å². The van der Waals surface area contributed by atoms with Gasteiger partial charge in [-0.15, -0.1) is 0 Å². The van der Waals surface area contributed by atoms with Crippen LogP contribution in [0, 0.1) is 6.92 Å². The molecule has 3 rings (SSSR count). The van der Waals surface area contributed by atoms with Crippen molar-refractivity contribution in [1.29, 1.82) is 0 Å². The number of nitrogens with zero attached hydrogens (tertiary/aromatic N) is 2. The van der Waals surface area contributed by atoms with Crippen molar-refractivity contribution < 1.29 is 19.4 Å². The Labute approximate surface area is 145 Å². The van der Waals surface area contributed by atoms with Gasteiger partial charge in [0.25, 0.3) is 0 Å². The number of carbonyl (C=O) groups is 2. The Morgan fingerprint density at radius 2 is 2.32 bits per heavy atom. The van der Waals surface area contributed by atoms with E-state index in [1.807, 2.05) is 25.1 Å². The molecule has 0 aliphatic carbocycles. The largest absolute Gasteiger partial charge is 0.396 e. The maximum absolute atomic E-state index is 12.3. The lowest BCUT2D eigenvalue weighted by Gasteiger charge is -2.34. The number of rotatable bonds is 6. The van der Waals surface area contributed by atoms with Gasteiger partial charge in [-0.25, -0.2) is 4.98 Å². The SMILES string of the molecule is Cc1ccc2nc(COCC(=O)N3CCNC(=O)[C@H]3CCO)[nH]c2c1. The van der Waals surface area contributed by atoms with Gasteiger partial charge in [0.1, 0.15) is 25.1 Å². The van der Waals surface area contributed by atoms with E-state index in [1.54, 1.807) is 0 Å². The molecular formula is C17H22N4O4. The number of piperazine rings is 1. The number of aromatic amines is 1. The monoisotopic (exact) mass is 346 g/mol. The zero-order valence-corrected chi connectivity index (χ0v) is 14.1. The number of carbonyl (C=O) groups excluding carboxylic acids is 2. The minimum atomic E-state index is -0.635. The Kier molecular flexibility index (Phi) is 5.30. The minimum absolute atomic E-state index is 0.134. The molecule has 1 saturated heterocycles. The van der Waals surface area contributed by atoms with Crippen LogP contribution in [0.15, 0.2) is 18.2 Å². The Balaban J connectivity index is 1.56. The van der Waals surface area contributed by atoms with Crippen LogP contribution in [0.25, 0.3) is 11.0 Å². The zero-order valence-electron chi connectivity index (χ0n) is 14.1. The summed E-state index contributed by atoms with van der Waals surface area (Å²) in [6.45, 7) is 2.74. The number of aliphatic hydroxyl groups is 1. The Hall–Kier alpha value is -2.45. The highest BCUT2D eigenvalue weighted by molar-refractivity contribution is 5.89. The quantitative estimate of drug-likeness (QED) is 0.687. The molecule has 1 atom stereocenters. The number of nitrogens with one attached hydrogen (secondary N) is 2. The van der Waals surface area contributed by atoms with E-state index >= 15 is 0 Å². The molecule has 1 fully saturated rings. The van der Waals surface area contributed by atoms with E-state index in [0.717, 1.165) is 16.6 Å². The first-order chi connectivity index (χ1) is 12.1. The number of ether oxygens (including phenoxy) is 1. The first-order valence-corrected chi connectivity index (χ1v) is 8.29. The summed E-state index contributed by atoms with van der Waals surface area (Å²) in [6, 6.07) is 5.29. The summed E-state index contributed by atoms with van der Waals surface area (Å²) in [7, 11) is 0. The van der Waals surface area contributed by atoms with Gasteiger partial charge in [-0.05, 0) is 31.0 Å². The van der Waals surface area contributed by atoms with E-state index in [4.69, 9.17) is 9.84 Å². The van der Waals surface area contributed by atoms with Crippen LogP contribution in [-0.4, -0.2) is 64.1 Å². The predicted octanol–water partition coefficient (Wildman–Crippen LogP) is 0.0973. The van der Waals surface area contributed by atoms with Crippen LogP contribution in [0.3, 0.4) is 0 Å². The molecule has 1 aromatic carbocycles.